The molecule has 6 heteroatoms. The minimum atomic E-state index is -0.793. The van der Waals surface area contributed by atoms with Gasteiger partial charge in [0.2, 0.25) is 0 Å². The largest absolute Gasteiger partial charge is 0.462 e. The van der Waals surface area contributed by atoms with Gasteiger partial charge in [0.25, 0.3) is 0 Å². The van der Waals surface area contributed by atoms with Crippen molar-refractivity contribution in [3.8, 4) is 0 Å². The monoisotopic (exact) mass is 1150 g/mol. The number of carbonyl (C=O) groups is 3. The van der Waals surface area contributed by atoms with Crippen molar-refractivity contribution in [3.63, 3.8) is 0 Å². The molecule has 0 aliphatic heterocycles. The fourth-order valence-corrected chi connectivity index (χ4v) is 9.27. The quantitative estimate of drug-likeness (QED) is 0.0261. The maximum Gasteiger partial charge on any atom is 0.306 e. The molecule has 0 spiro atoms. The van der Waals surface area contributed by atoms with Gasteiger partial charge in [-0.1, -0.05) is 308 Å². The number of hydrogen-bond donors (Lipinski definition) is 0. The van der Waals surface area contributed by atoms with Crippen molar-refractivity contribution >= 4 is 17.9 Å². The summed E-state index contributed by atoms with van der Waals surface area (Å²) in [6, 6.07) is 0. The molecule has 6 nitrogen and oxygen atoms in total. The van der Waals surface area contributed by atoms with Crippen molar-refractivity contribution in [3.05, 3.63) is 146 Å². The molecule has 0 aromatic heterocycles. The van der Waals surface area contributed by atoms with E-state index in [1.165, 1.54) is 103 Å². The fraction of sp³-hybridized carbons (Fsp3) is 0.649. The first-order valence-electron chi connectivity index (χ1n) is 34.3. The van der Waals surface area contributed by atoms with E-state index in [4.69, 9.17) is 14.2 Å². The molecule has 0 radical (unpaired) electrons. The average Bonchev–Trinajstić information content (AvgIpc) is 3.48. The molecule has 470 valence electrons. The SMILES string of the molecule is CC/C=C\C/C=C\C/C=C\C/C=C\C/C=C\C/C=C\C/C=C\C/C=C\CCCCCCC(=O)OC(COC(=O)CCCCCCC)COC(=O)CCCCCCCCCCCCCCCCCCCC/C=C\C/C=C\C/C=C\C/C=C\CC. The van der Waals surface area contributed by atoms with Crippen molar-refractivity contribution in [2.45, 2.75) is 309 Å². The molecule has 0 heterocycles. The molecular weight excluding hydrogens is 1020 g/mol. The number of carbonyl (C=O) groups excluding carboxylic acids is 3. The number of ether oxygens (including phenoxy) is 3. The fourth-order valence-electron chi connectivity index (χ4n) is 9.27. The van der Waals surface area contributed by atoms with Crippen LogP contribution >= 0.6 is 0 Å². The van der Waals surface area contributed by atoms with Gasteiger partial charge in [0.1, 0.15) is 13.2 Å². The molecule has 0 N–H and O–H groups in total. The summed E-state index contributed by atoms with van der Waals surface area (Å²) >= 11 is 0. The van der Waals surface area contributed by atoms with Gasteiger partial charge >= 0.3 is 17.9 Å². The Labute approximate surface area is 512 Å². The molecule has 0 amide bonds. The topological polar surface area (TPSA) is 78.9 Å². The summed E-state index contributed by atoms with van der Waals surface area (Å²) in [5.74, 6) is -0.926. The average molecular weight is 1150 g/mol. The van der Waals surface area contributed by atoms with Crippen LogP contribution in [0.3, 0.4) is 0 Å². The Kier molecular flexibility index (Phi) is 65.8. The lowest BCUT2D eigenvalue weighted by Gasteiger charge is -2.18. The maximum atomic E-state index is 12.8. The molecule has 83 heavy (non-hydrogen) atoms. The summed E-state index contributed by atoms with van der Waals surface area (Å²) in [5, 5.41) is 0. The van der Waals surface area contributed by atoms with Gasteiger partial charge in [0.15, 0.2) is 6.10 Å². The number of unbranched alkanes of at least 4 members (excludes halogenated alkanes) is 26. The normalized spacial score (nSPS) is 13.0. The molecule has 0 aliphatic carbocycles. The van der Waals surface area contributed by atoms with E-state index in [0.717, 1.165) is 161 Å². The lowest BCUT2D eigenvalue weighted by molar-refractivity contribution is -0.167. The third kappa shape index (κ3) is 68.0. The second kappa shape index (κ2) is 69.8. The van der Waals surface area contributed by atoms with Crippen LogP contribution in [0.15, 0.2) is 146 Å². The van der Waals surface area contributed by atoms with E-state index in [1.807, 2.05) is 0 Å². The molecule has 1 unspecified atom stereocenters. The van der Waals surface area contributed by atoms with Crippen LogP contribution in [0.1, 0.15) is 303 Å². The Hall–Kier alpha value is -4.71. The summed E-state index contributed by atoms with van der Waals surface area (Å²) in [6.45, 7) is 6.32. The van der Waals surface area contributed by atoms with Crippen molar-refractivity contribution in [1.29, 1.82) is 0 Å². The van der Waals surface area contributed by atoms with Crippen molar-refractivity contribution in [2.75, 3.05) is 13.2 Å². The van der Waals surface area contributed by atoms with Gasteiger partial charge < -0.3 is 14.2 Å². The Morgan fingerprint density at radius 2 is 0.470 bits per heavy atom. The molecule has 0 saturated heterocycles. The second-order valence-electron chi connectivity index (χ2n) is 22.3. The highest BCUT2D eigenvalue weighted by Gasteiger charge is 2.19. The highest BCUT2D eigenvalue weighted by molar-refractivity contribution is 5.71. The van der Waals surface area contributed by atoms with Crippen LogP contribution in [0.25, 0.3) is 0 Å². The van der Waals surface area contributed by atoms with Crippen LogP contribution in [0.2, 0.25) is 0 Å². The van der Waals surface area contributed by atoms with Gasteiger partial charge in [0.05, 0.1) is 0 Å². The number of esters is 3. The van der Waals surface area contributed by atoms with E-state index in [2.05, 4.69) is 167 Å². The van der Waals surface area contributed by atoms with E-state index in [1.54, 1.807) is 0 Å². The minimum absolute atomic E-state index is 0.0903. The van der Waals surface area contributed by atoms with Gasteiger partial charge in [-0.05, 0) is 122 Å². The van der Waals surface area contributed by atoms with E-state index in [-0.39, 0.29) is 31.1 Å². The van der Waals surface area contributed by atoms with E-state index in [9.17, 15) is 14.4 Å². The smallest absolute Gasteiger partial charge is 0.306 e. The zero-order valence-corrected chi connectivity index (χ0v) is 53.9. The number of hydrogen-bond acceptors (Lipinski definition) is 6. The standard InChI is InChI=1S/C77H126O6/c1-4-7-10-13-15-17-19-21-23-25-27-29-31-33-35-37-38-40-41-43-45-47-49-51-53-55-57-59-61-64-67-70-76(79)82-73-74(72-81-75(78)69-66-63-12-9-6-3)83-77(80)71-68-65-62-60-58-56-54-52-50-48-46-44-42-39-36-34-32-30-28-26-24-22-20-18-16-14-11-8-5-2/h7-8,10-11,15-18,21-24,27-30,34,36,42,44,48,50,54,56,74H,4-6,9,12-14,19-20,25-26,31-33,35,37-41,43,45-47,49,51-53,55,57-73H2,1-3H3/b10-7-,11-8-,17-15-,18-16-,23-21-,24-22-,29-27-,30-28-,36-34-,44-42-,50-48-,56-54-. The van der Waals surface area contributed by atoms with Crippen LogP contribution in [-0.2, 0) is 28.6 Å². The van der Waals surface area contributed by atoms with E-state index in [0.29, 0.717) is 19.3 Å². The maximum absolute atomic E-state index is 12.8. The predicted octanol–water partition coefficient (Wildman–Crippen LogP) is 23.9. The van der Waals surface area contributed by atoms with Crippen molar-refractivity contribution in [1.82, 2.24) is 0 Å². The van der Waals surface area contributed by atoms with Gasteiger partial charge in [-0.3, -0.25) is 14.4 Å². The highest BCUT2D eigenvalue weighted by atomic mass is 16.6. The van der Waals surface area contributed by atoms with Gasteiger partial charge in [-0.25, -0.2) is 0 Å². The van der Waals surface area contributed by atoms with Gasteiger partial charge in [-0.15, -0.1) is 0 Å². The zero-order chi connectivity index (χ0) is 59.9. The first-order valence-corrected chi connectivity index (χ1v) is 34.3. The molecule has 0 aromatic rings. The Bertz CT molecular complexity index is 1800. The molecule has 0 saturated carbocycles. The molecule has 0 aromatic carbocycles. The summed E-state index contributed by atoms with van der Waals surface area (Å²) in [5.41, 5.74) is 0. The molecule has 0 rings (SSSR count). The minimum Gasteiger partial charge on any atom is -0.462 e. The Balaban J connectivity index is 4.07. The van der Waals surface area contributed by atoms with E-state index < -0.39 is 6.10 Å². The molecule has 0 bridgehead atoms. The molecular formula is C77H126O6. The lowest BCUT2D eigenvalue weighted by Crippen LogP contribution is -2.30. The van der Waals surface area contributed by atoms with Gasteiger partial charge in [-0.2, -0.15) is 0 Å². The van der Waals surface area contributed by atoms with Crippen LogP contribution in [0, 0.1) is 0 Å². The lowest BCUT2D eigenvalue weighted by atomic mass is 10.0. The number of allylic oxidation sites excluding steroid dienone is 24. The first kappa shape index (κ1) is 78.3. The summed E-state index contributed by atoms with van der Waals surface area (Å²) in [6.07, 6.45) is 101. The van der Waals surface area contributed by atoms with Gasteiger partial charge in [0, 0.05) is 19.3 Å². The summed E-state index contributed by atoms with van der Waals surface area (Å²) < 4.78 is 16.8. The zero-order valence-electron chi connectivity index (χ0n) is 53.9. The summed E-state index contributed by atoms with van der Waals surface area (Å²) in [7, 11) is 0. The summed E-state index contributed by atoms with van der Waals surface area (Å²) in [4.78, 5) is 38.0. The second-order valence-corrected chi connectivity index (χ2v) is 22.3. The first-order chi connectivity index (χ1) is 41.0. The molecule has 0 aliphatic rings. The molecule has 0 fully saturated rings. The van der Waals surface area contributed by atoms with Crippen molar-refractivity contribution in [2.24, 2.45) is 0 Å². The predicted molar refractivity (Wildman–Crippen MR) is 362 cm³/mol. The Morgan fingerprint density at radius 3 is 0.735 bits per heavy atom. The number of rotatable bonds is 61. The third-order valence-corrected chi connectivity index (χ3v) is 14.3. The van der Waals surface area contributed by atoms with Crippen LogP contribution < -0.4 is 0 Å². The van der Waals surface area contributed by atoms with Crippen LogP contribution in [0.5, 0.6) is 0 Å². The van der Waals surface area contributed by atoms with E-state index >= 15 is 0 Å². The van der Waals surface area contributed by atoms with Crippen LogP contribution in [0.4, 0.5) is 0 Å². The molecule has 1 atom stereocenters. The highest BCUT2D eigenvalue weighted by Crippen LogP contribution is 2.16. The Morgan fingerprint density at radius 1 is 0.253 bits per heavy atom. The van der Waals surface area contributed by atoms with Crippen molar-refractivity contribution < 1.29 is 28.6 Å². The van der Waals surface area contributed by atoms with Crippen LogP contribution in [-0.4, -0.2) is 37.2 Å². The third-order valence-electron chi connectivity index (χ3n) is 14.3.